The fourth-order valence-corrected chi connectivity index (χ4v) is 4.81. The average molecular weight is 423 g/mol. The summed E-state index contributed by atoms with van der Waals surface area (Å²) in [5, 5.41) is 0. The van der Waals surface area contributed by atoms with Crippen molar-refractivity contribution in [2.75, 3.05) is 52.5 Å². The van der Waals surface area contributed by atoms with E-state index in [0.29, 0.717) is 19.8 Å². The van der Waals surface area contributed by atoms with Gasteiger partial charge in [0.25, 0.3) is 0 Å². The summed E-state index contributed by atoms with van der Waals surface area (Å²) in [5.41, 5.74) is 2.44. The van der Waals surface area contributed by atoms with Crippen molar-refractivity contribution in [2.45, 2.75) is 25.4 Å². The molecule has 1 aromatic heterocycles. The number of aromatic nitrogens is 1. The minimum atomic E-state index is 0.135. The number of benzene rings is 1. The van der Waals surface area contributed by atoms with Gasteiger partial charge in [-0.3, -0.25) is 19.6 Å². The zero-order valence-corrected chi connectivity index (χ0v) is 17.9. The molecule has 3 aliphatic heterocycles. The number of rotatable bonds is 5. The molecule has 0 bridgehead atoms. The maximum absolute atomic E-state index is 13.2. The van der Waals surface area contributed by atoms with E-state index in [0.717, 1.165) is 69.2 Å². The van der Waals surface area contributed by atoms with Crippen molar-refractivity contribution < 1.29 is 14.3 Å². The molecule has 5 rings (SSSR count). The van der Waals surface area contributed by atoms with E-state index >= 15 is 0 Å². The van der Waals surface area contributed by atoms with E-state index in [-0.39, 0.29) is 11.9 Å². The van der Waals surface area contributed by atoms with Crippen molar-refractivity contribution in [3.63, 3.8) is 0 Å². The van der Waals surface area contributed by atoms with Crippen LogP contribution in [0.4, 0.5) is 0 Å². The number of carbonyl (C=O) groups excluding carboxylic acids is 1. The molecular formula is C24H30N4O3. The van der Waals surface area contributed by atoms with Crippen LogP contribution in [0.25, 0.3) is 0 Å². The third-order valence-electron chi connectivity index (χ3n) is 6.50. The van der Waals surface area contributed by atoms with E-state index in [4.69, 9.17) is 9.47 Å². The quantitative estimate of drug-likeness (QED) is 0.737. The summed E-state index contributed by atoms with van der Waals surface area (Å²) in [7, 11) is 0. The predicted molar refractivity (Wildman–Crippen MR) is 117 cm³/mol. The van der Waals surface area contributed by atoms with Crippen molar-refractivity contribution in [3.05, 3.63) is 53.9 Å². The summed E-state index contributed by atoms with van der Waals surface area (Å²) in [6.07, 6.45) is 5.74. The van der Waals surface area contributed by atoms with E-state index in [1.165, 1.54) is 5.56 Å². The number of amides is 1. The van der Waals surface area contributed by atoms with Crippen LogP contribution in [0.3, 0.4) is 0 Å². The normalized spacial score (nSPS) is 21.9. The maximum Gasteiger partial charge on any atom is 0.237 e. The molecule has 3 aliphatic rings. The highest BCUT2D eigenvalue weighted by molar-refractivity contribution is 5.79. The van der Waals surface area contributed by atoms with Gasteiger partial charge in [0.1, 0.15) is 13.2 Å². The molecule has 0 N–H and O–H groups in total. The van der Waals surface area contributed by atoms with Crippen LogP contribution in [0, 0.1) is 0 Å². The van der Waals surface area contributed by atoms with Crippen LogP contribution < -0.4 is 9.47 Å². The lowest BCUT2D eigenvalue weighted by Crippen LogP contribution is -2.49. The van der Waals surface area contributed by atoms with Crippen LogP contribution in [0.15, 0.2) is 42.7 Å². The predicted octanol–water partition coefficient (Wildman–Crippen LogP) is 2.33. The summed E-state index contributed by atoms with van der Waals surface area (Å²) in [4.78, 5) is 24.1. The second-order valence-electron chi connectivity index (χ2n) is 8.56. The fraction of sp³-hybridized carbons (Fsp3) is 0.500. The van der Waals surface area contributed by atoms with Gasteiger partial charge in [0.15, 0.2) is 11.5 Å². The number of pyridine rings is 1. The number of hydrogen-bond acceptors (Lipinski definition) is 6. The van der Waals surface area contributed by atoms with Crippen molar-refractivity contribution in [2.24, 2.45) is 0 Å². The van der Waals surface area contributed by atoms with Crippen molar-refractivity contribution in [3.8, 4) is 11.5 Å². The lowest BCUT2D eigenvalue weighted by Gasteiger charge is -2.35. The number of piperazine rings is 1. The Bertz CT molecular complexity index is 899. The first-order valence-electron chi connectivity index (χ1n) is 11.3. The number of carbonyl (C=O) groups is 1. The van der Waals surface area contributed by atoms with E-state index in [9.17, 15) is 4.79 Å². The molecule has 1 atom stereocenters. The fourth-order valence-electron chi connectivity index (χ4n) is 4.81. The van der Waals surface area contributed by atoms with E-state index in [2.05, 4.69) is 43.9 Å². The third kappa shape index (κ3) is 4.67. The van der Waals surface area contributed by atoms with Crippen molar-refractivity contribution >= 4 is 5.91 Å². The van der Waals surface area contributed by atoms with Crippen molar-refractivity contribution in [1.82, 2.24) is 19.7 Å². The Morgan fingerprint density at radius 2 is 1.68 bits per heavy atom. The number of ether oxygens (including phenoxy) is 2. The highest BCUT2D eigenvalue weighted by atomic mass is 16.6. The Kier molecular flexibility index (Phi) is 6.04. The molecule has 2 fully saturated rings. The SMILES string of the molecule is O=C(CN1CCN(Cc2ccncc2)CC1)N1CCCC1c1ccc2c(c1)OCCO2. The average Bonchev–Trinajstić information content (AvgIpc) is 3.31. The van der Waals surface area contributed by atoms with Gasteiger partial charge in [0, 0.05) is 51.7 Å². The highest BCUT2D eigenvalue weighted by Gasteiger charge is 2.32. The molecule has 2 saturated heterocycles. The third-order valence-corrected chi connectivity index (χ3v) is 6.50. The molecule has 1 amide bonds. The van der Waals surface area contributed by atoms with E-state index in [1.807, 2.05) is 18.5 Å². The topological polar surface area (TPSA) is 58.1 Å². The van der Waals surface area contributed by atoms with Gasteiger partial charge < -0.3 is 14.4 Å². The number of fused-ring (bicyclic) bond motifs is 1. The van der Waals surface area contributed by atoms with Crippen molar-refractivity contribution in [1.29, 1.82) is 0 Å². The molecule has 1 unspecified atom stereocenters. The Labute approximate surface area is 183 Å². The number of likely N-dealkylation sites (tertiary alicyclic amines) is 1. The van der Waals surface area contributed by atoms with Crippen LogP contribution in [0.5, 0.6) is 11.5 Å². The molecular weight excluding hydrogens is 392 g/mol. The molecule has 0 aliphatic carbocycles. The lowest BCUT2D eigenvalue weighted by molar-refractivity contribution is -0.133. The summed E-state index contributed by atoms with van der Waals surface area (Å²) in [6.45, 7) is 7.29. The maximum atomic E-state index is 13.2. The first-order chi connectivity index (χ1) is 15.3. The summed E-state index contributed by atoms with van der Waals surface area (Å²) in [5.74, 6) is 1.84. The summed E-state index contributed by atoms with van der Waals surface area (Å²) in [6, 6.07) is 10.4. The van der Waals surface area contributed by atoms with Crippen LogP contribution in [-0.4, -0.2) is 78.1 Å². The molecule has 0 saturated carbocycles. The molecule has 7 heteroatoms. The first-order valence-corrected chi connectivity index (χ1v) is 11.3. The molecule has 1 aromatic carbocycles. The second kappa shape index (κ2) is 9.24. The smallest absolute Gasteiger partial charge is 0.237 e. The zero-order valence-electron chi connectivity index (χ0n) is 17.9. The molecule has 31 heavy (non-hydrogen) atoms. The number of hydrogen-bond donors (Lipinski definition) is 0. The highest BCUT2D eigenvalue weighted by Crippen LogP contribution is 2.38. The summed E-state index contributed by atoms with van der Waals surface area (Å²) < 4.78 is 11.4. The monoisotopic (exact) mass is 422 g/mol. The van der Waals surface area contributed by atoms with Gasteiger partial charge in [-0.1, -0.05) is 6.07 Å². The van der Waals surface area contributed by atoms with Crippen LogP contribution in [0.2, 0.25) is 0 Å². The van der Waals surface area contributed by atoms with Crippen LogP contribution in [-0.2, 0) is 11.3 Å². The van der Waals surface area contributed by atoms with Gasteiger partial charge in [-0.25, -0.2) is 0 Å². The summed E-state index contributed by atoms with van der Waals surface area (Å²) >= 11 is 0. The van der Waals surface area contributed by atoms with Gasteiger partial charge in [-0.05, 0) is 48.2 Å². The Morgan fingerprint density at radius 1 is 0.935 bits per heavy atom. The van der Waals surface area contributed by atoms with Gasteiger partial charge in [0.2, 0.25) is 5.91 Å². The Balaban J connectivity index is 1.16. The van der Waals surface area contributed by atoms with Crippen LogP contribution >= 0.6 is 0 Å². The minimum absolute atomic E-state index is 0.135. The number of nitrogens with zero attached hydrogens (tertiary/aromatic N) is 4. The largest absolute Gasteiger partial charge is 0.486 e. The van der Waals surface area contributed by atoms with Gasteiger partial charge in [-0.2, -0.15) is 0 Å². The van der Waals surface area contributed by atoms with E-state index < -0.39 is 0 Å². The zero-order chi connectivity index (χ0) is 21.0. The van der Waals surface area contributed by atoms with Gasteiger partial charge in [-0.15, -0.1) is 0 Å². The standard InChI is InChI=1S/C24H30N4O3/c29-24(18-27-12-10-26(11-13-27)17-19-5-7-25-8-6-19)28-9-1-2-21(28)20-3-4-22-23(16-20)31-15-14-30-22/h3-8,16,21H,1-2,9-15,17-18H2. The van der Waals surface area contributed by atoms with Crippen LogP contribution in [0.1, 0.15) is 30.0 Å². The molecule has 7 nitrogen and oxygen atoms in total. The van der Waals surface area contributed by atoms with Gasteiger partial charge >= 0.3 is 0 Å². The minimum Gasteiger partial charge on any atom is -0.486 e. The van der Waals surface area contributed by atoms with Gasteiger partial charge in [0.05, 0.1) is 12.6 Å². The molecule has 0 spiro atoms. The molecule has 164 valence electrons. The van der Waals surface area contributed by atoms with E-state index in [1.54, 1.807) is 0 Å². The second-order valence-corrected chi connectivity index (χ2v) is 8.56. The Morgan fingerprint density at radius 3 is 2.48 bits per heavy atom. The Hall–Kier alpha value is -2.64. The molecule has 4 heterocycles. The first kappa shape index (κ1) is 20.3. The lowest BCUT2D eigenvalue weighted by atomic mass is 10.0. The molecule has 0 radical (unpaired) electrons. The molecule has 2 aromatic rings.